The molecule has 2 aromatic carbocycles. The van der Waals surface area contributed by atoms with Gasteiger partial charge in [-0.2, -0.15) is 0 Å². The Balaban J connectivity index is 0.000000195. The van der Waals surface area contributed by atoms with Gasteiger partial charge in [0, 0.05) is 26.2 Å². The summed E-state index contributed by atoms with van der Waals surface area (Å²) in [6.07, 6.45) is -1.95. The van der Waals surface area contributed by atoms with Crippen LogP contribution >= 0.6 is 35.4 Å². The molecular weight excluding hydrogens is 721 g/mol. The van der Waals surface area contributed by atoms with Gasteiger partial charge in [-0.05, 0) is 43.3 Å². The molecule has 4 fully saturated rings. The van der Waals surface area contributed by atoms with Crippen molar-refractivity contribution >= 4 is 81.3 Å². The van der Waals surface area contributed by atoms with Crippen LogP contribution < -0.4 is 30.2 Å². The minimum atomic E-state index is -1.19. The average molecular weight is 760 g/mol. The van der Waals surface area contributed by atoms with E-state index in [0.717, 1.165) is 0 Å². The first-order chi connectivity index (χ1) is 24.0. The van der Waals surface area contributed by atoms with Crippen molar-refractivity contribution < 1.29 is 42.1 Å². The number of halogens is 4. The van der Waals surface area contributed by atoms with Gasteiger partial charge in [0.25, 0.3) is 5.91 Å². The summed E-state index contributed by atoms with van der Waals surface area (Å²) in [6.45, 7) is 7.69. The number of anilines is 4. The Morgan fingerprint density at radius 2 is 1.22 bits per heavy atom. The molecule has 0 radical (unpaired) electrons. The molecule has 0 spiro atoms. The highest BCUT2D eigenvalue weighted by Crippen LogP contribution is 2.30. The van der Waals surface area contributed by atoms with Crippen molar-refractivity contribution in [1.82, 2.24) is 10.6 Å². The first-order valence-corrected chi connectivity index (χ1v) is 17.3. The summed E-state index contributed by atoms with van der Waals surface area (Å²) in [5.41, 5.74) is 1.90. The van der Waals surface area contributed by atoms with E-state index in [9.17, 15) is 23.2 Å². The fourth-order valence-corrected chi connectivity index (χ4v) is 5.91. The van der Waals surface area contributed by atoms with Crippen molar-refractivity contribution in [3.05, 3.63) is 48.0 Å². The number of hydrogen-bond donors (Lipinski definition) is 2. The van der Waals surface area contributed by atoms with E-state index >= 15 is 0 Å². The quantitative estimate of drug-likeness (QED) is 0.287. The molecule has 0 unspecified atom stereocenters. The zero-order chi connectivity index (χ0) is 35.8. The van der Waals surface area contributed by atoms with Gasteiger partial charge in [-0.15, -0.1) is 0 Å². The van der Waals surface area contributed by atoms with E-state index in [4.69, 9.17) is 54.4 Å². The fourth-order valence-electron chi connectivity index (χ4n) is 5.68. The van der Waals surface area contributed by atoms with Crippen molar-refractivity contribution in [3.63, 3.8) is 0 Å². The molecule has 2 N–H and O–H groups in total. The molecule has 272 valence electrons. The number of rotatable bonds is 9. The minimum Gasteiger partial charge on any atom is -0.442 e. The molecule has 0 bridgehead atoms. The maximum atomic E-state index is 14.5. The molecule has 50 heavy (non-hydrogen) atoms. The van der Waals surface area contributed by atoms with Crippen LogP contribution in [0.5, 0.6) is 0 Å². The summed E-state index contributed by atoms with van der Waals surface area (Å²) in [7, 11) is 0. The van der Waals surface area contributed by atoms with E-state index < -0.39 is 34.9 Å². The van der Waals surface area contributed by atoms with Gasteiger partial charge in [-0.3, -0.25) is 14.6 Å². The van der Waals surface area contributed by atoms with E-state index in [1.54, 1.807) is 31.2 Å². The molecule has 6 rings (SSSR count). The smallest absolute Gasteiger partial charge is 0.414 e. The van der Waals surface area contributed by atoms with Crippen molar-refractivity contribution in [2.45, 2.75) is 24.0 Å². The molecule has 4 aliphatic rings. The van der Waals surface area contributed by atoms with Crippen LogP contribution in [0.25, 0.3) is 0 Å². The van der Waals surface area contributed by atoms with Crippen molar-refractivity contribution in [1.29, 1.82) is 0 Å². The summed E-state index contributed by atoms with van der Waals surface area (Å²) in [5, 5.41) is 5.46. The van der Waals surface area contributed by atoms with E-state index in [0.29, 0.717) is 93.4 Å². The Morgan fingerprint density at radius 3 is 1.60 bits per heavy atom. The average Bonchev–Trinajstić information content (AvgIpc) is 3.68. The second kappa shape index (κ2) is 17.5. The highest BCUT2D eigenvalue weighted by Gasteiger charge is 2.34. The van der Waals surface area contributed by atoms with E-state index in [1.165, 1.54) is 21.9 Å². The summed E-state index contributed by atoms with van der Waals surface area (Å²) in [5.74, 6) is -1.33. The predicted octanol–water partition coefficient (Wildman–Crippen LogP) is 3.83. The van der Waals surface area contributed by atoms with Crippen LogP contribution in [0.2, 0.25) is 0 Å². The molecule has 0 saturated carbocycles. The Morgan fingerprint density at radius 1 is 0.800 bits per heavy atom. The molecule has 18 heteroatoms. The second-order valence-corrected chi connectivity index (χ2v) is 13.4. The van der Waals surface area contributed by atoms with E-state index in [-0.39, 0.29) is 25.0 Å². The van der Waals surface area contributed by atoms with Crippen LogP contribution in [0.1, 0.15) is 6.92 Å². The lowest BCUT2D eigenvalue weighted by Gasteiger charge is -2.29. The molecule has 3 amide bonds. The Kier molecular flexibility index (Phi) is 13.1. The molecule has 2 aromatic rings. The summed E-state index contributed by atoms with van der Waals surface area (Å²) < 4.78 is 50.0. The minimum absolute atomic E-state index is 0.0748. The lowest BCUT2D eigenvalue weighted by atomic mass is 10.2. The number of carbonyl (C=O) groups excluding carboxylic acids is 3. The van der Waals surface area contributed by atoms with Gasteiger partial charge in [-0.25, -0.2) is 18.4 Å². The first kappa shape index (κ1) is 37.6. The lowest BCUT2D eigenvalue weighted by Crippen LogP contribution is -2.37. The molecular formula is C32H38Cl2F2N6O7S. The third kappa shape index (κ3) is 9.75. The highest BCUT2D eigenvalue weighted by atomic mass is 35.5. The molecule has 0 aromatic heterocycles. The molecule has 2 atom stereocenters. The fraction of sp³-hybridized carbons (Fsp3) is 0.500. The van der Waals surface area contributed by atoms with Crippen LogP contribution in [0.15, 0.2) is 36.4 Å². The lowest BCUT2D eigenvalue weighted by molar-refractivity contribution is -0.119. The maximum absolute atomic E-state index is 14.5. The summed E-state index contributed by atoms with van der Waals surface area (Å²) in [6, 6.07) is 9.45. The maximum Gasteiger partial charge on any atom is 0.414 e. The number of benzene rings is 2. The Hall–Kier alpha value is -3.70. The Labute approximate surface area is 303 Å². The molecule has 4 heterocycles. The SMILES string of the molecule is CC(=S)NC[C@H]1CN(c2ccc(N3CCOCC3)c(F)c2)C(=O)O1.O=C(NC[C@H]1CN(c2ccc(N3CCOCC3)c(F)c2)C(=O)O1)C(Cl)Cl. The van der Waals surface area contributed by atoms with Gasteiger partial charge < -0.3 is 39.4 Å². The molecule has 0 aliphatic carbocycles. The molecule has 4 aliphatic heterocycles. The number of hydrogen-bond acceptors (Lipinski definition) is 10. The number of carbonyl (C=O) groups is 3. The summed E-state index contributed by atoms with van der Waals surface area (Å²) >= 11 is 15.8. The standard InChI is InChI=1S/C16H18Cl2FN3O4.C16H20FN3O3S/c17-14(18)15(23)20-8-11-9-22(16(24)26-11)10-1-2-13(12(19)7-10)21-3-5-25-6-4-21;1-11(24)18-9-13-10-20(16(21)23-13)12-2-3-15(14(17)8-12)19-4-6-22-7-5-19/h1-2,7,11,14H,3-6,8-9H2,(H,20,23);2-3,8,13H,4-7,9-10H2,1H3,(H,18,24)/t11-;13-/m00/s1. The van der Waals surface area contributed by atoms with Crippen LogP contribution in [0, 0.1) is 11.6 Å². The number of alkyl halides is 2. The topological polar surface area (TPSA) is 125 Å². The zero-order valence-electron chi connectivity index (χ0n) is 27.2. The second-order valence-electron chi connectivity index (χ2n) is 11.7. The largest absolute Gasteiger partial charge is 0.442 e. The van der Waals surface area contributed by atoms with Gasteiger partial charge >= 0.3 is 12.2 Å². The first-order valence-electron chi connectivity index (χ1n) is 16.0. The monoisotopic (exact) mass is 758 g/mol. The third-order valence-corrected chi connectivity index (χ3v) is 8.76. The number of nitrogens with one attached hydrogen (secondary N) is 2. The number of ether oxygens (including phenoxy) is 4. The van der Waals surface area contributed by atoms with E-state index in [2.05, 4.69) is 10.6 Å². The van der Waals surface area contributed by atoms with Gasteiger partial charge in [0.1, 0.15) is 23.8 Å². The van der Waals surface area contributed by atoms with Crippen LogP contribution in [-0.4, -0.2) is 119 Å². The van der Waals surface area contributed by atoms with Crippen molar-refractivity contribution in [2.24, 2.45) is 0 Å². The molecule has 4 saturated heterocycles. The van der Waals surface area contributed by atoms with Crippen molar-refractivity contribution in [2.75, 3.05) is 98.4 Å². The highest BCUT2D eigenvalue weighted by molar-refractivity contribution is 7.80. The zero-order valence-corrected chi connectivity index (χ0v) is 29.6. The van der Waals surface area contributed by atoms with Gasteiger partial charge in [0.15, 0.2) is 4.84 Å². The van der Waals surface area contributed by atoms with Crippen LogP contribution in [0.4, 0.5) is 41.1 Å². The van der Waals surface area contributed by atoms with Crippen LogP contribution in [0.3, 0.4) is 0 Å². The summed E-state index contributed by atoms with van der Waals surface area (Å²) in [4.78, 5) is 41.5. The number of nitrogens with zero attached hydrogens (tertiary/aromatic N) is 4. The van der Waals surface area contributed by atoms with Crippen molar-refractivity contribution in [3.8, 4) is 0 Å². The Bertz CT molecular complexity index is 1550. The van der Waals surface area contributed by atoms with Gasteiger partial charge in [0.2, 0.25) is 0 Å². The number of thiocarbonyl (C=S) groups is 1. The molecule has 13 nitrogen and oxygen atoms in total. The van der Waals surface area contributed by atoms with Gasteiger partial charge in [-0.1, -0.05) is 35.4 Å². The predicted molar refractivity (Wildman–Crippen MR) is 189 cm³/mol. The third-order valence-electron chi connectivity index (χ3n) is 8.22. The van der Waals surface area contributed by atoms with E-state index in [1.807, 2.05) is 9.80 Å². The van der Waals surface area contributed by atoms with Gasteiger partial charge in [0.05, 0.1) is 80.3 Å². The number of morpholine rings is 2. The number of cyclic esters (lactones) is 2. The normalized spacial score (nSPS) is 20.7. The van der Waals surface area contributed by atoms with Crippen LogP contribution in [-0.2, 0) is 23.7 Å². The number of amides is 3.